The minimum Gasteiger partial charge on any atom is -0.372 e. The molecule has 2 aromatic carbocycles. The lowest BCUT2D eigenvalue weighted by atomic mass is 9.97. The summed E-state index contributed by atoms with van der Waals surface area (Å²) in [5.74, 6) is 0.905. The number of carbonyl (C=O) groups excluding carboxylic acids is 1. The highest BCUT2D eigenvalue weighted by Crippen LogP contribution is 2.27. The molecular formula is C28H31N5O3. The van der Waals surface area contributed by atoms with E-state index in [1.54, 1.807) is 10.8 Å². The van der Waals surface area contributed by atoms with E-state index in [1.807, 2.05) is 61.2 Å². The number of hydrogen-bond donors (Lipinski definition) is 1. The first-order valence-electron chi connectivity index (χ1n) is 12.4. The molecule has 1 amide bonds. The maximum Gasteiger partial charge on any atom is 0.328 e. The van der Waals surface area contributed by atoms with Crippen molar-refractivity contribution in [2.45, 2.75) is 52.4 Å². The fourth-order valence-corrected chi connectivity index (χ4v) is 4.89. The summed E-state index contributed by atoms with van der Waals surface area (Å²) < 4.78 is 7.35. The number of hydrogen-bond acceptors (Lipinski definition) is 5. The second-order valence-electron chi connectivity index (χ2n) is 9.85. The molecule has 0 aliphatic carbocycles. The van der Waals surface area contributed by atoms with Gasteiger partial charge in [0.1, 0.15) is 5.52 Å². The number of H-pyrrole nitrogens is 1. The van der Waals surface area contributed by atoms with Crippen molar-refractivity contribution in [2.75, 3.05) is 13.1 Å². The van der Waals surface area contributed by atoms with Crippen LogP contribution in [0.1, 0.15) is 55.1 Å². The molecular weight excluding hydrogens is 454 g/mol. The van der Waals surface area contributed by atoms with Crippen molar-refractivity contribution < 1.29 is 9.53 Å². The molecule has 1 fully saturated rings. The number of rotatable bonds is 5. The van der Waals surface area contributed by atoms with Crippen LogP contribution in [0.4, 0.5) is 0 Å². The maximum absolute atomic E-state index is 13.0. The van der Waals surface area contributed by atoms with Crippen LogP contribution in [0.3, 0.4) is 0 Å². The van der Waals surface area contributed by atoms with E-state index in [0.29, 0.717) is 48.1 Å². The first kappa shape index (κ1) is 23.9. The molecule has 0 saturated carbocycles. The number of nitrogens with one attached hydrogen (secondary N) is 1. The molecule has 186 valence electrons. The van der Waals surface area contributed by atoms with Gasteiger partial charge < -0.3 is 14.6 Å². The maximum atomic E-state index is 13.0. The van der Waals surface area contributed by atoms with E-state index in [-0.39, 0.29) is 23.8 Å². The molecule has 8 nitrogen and oxygen atoms in total. The molecule has 2 atom stereocenters. The Hall–Kier alpha value is -3.78. The van der Waals surface area contributed by atoms with E-state index in [2.05, 4.69) is 29.9 Å². The molecule has 0 bridgehead atoms. The normalized spacial score (nSPS) is 18.2. The third-order valence-electron chi connectivity index (χ3n) is 6.58. The van der Waals surface area contributed by atoms with Crippen molar-refractivity contribution in [1.82, 2.24) is 24.4 Å². The van der Waals surface area contributed by atoms with Crippen molar-refractivity contribution in [3.05, 3.63) is 81.9 Å². The third-order valence-corrected chi connectivity index (χ3v) is 6.58. The van der Waals surface area contributed by atoms with E-state index in [0.717, 1.165) is 16.7 Å². The van der Waals surface area contributed by atoms with Crippen LogP contribution in [0.2, 0.25) is 0 Å². The number of nitrogens with zero attached hydrogens (tertiary/aromatic N) is 4. The van der Waals surface area contributed by atoms with Crippen LogP contribution >= 0.6 is 0 Å². The summed E-state index contributed by atoms with van der Waals surface area (Å²) in [6.07, 6.45) is 1.70. The molecule has 1 saturated heterocycles. The average Bonchev–Trinajstić information content (AvgIpc) is 3.17. The topological polar surface area (TPSA) is 93.1 Å². The summed E-state index contributed by atoms with van der Waals surface area (Å²) >= 11 is 0. The van der Waals surface area contributed by atoms with E-state index >= 15 is 0 Å². The van der Waals surface area contributed by atoms with E-state index in [1.165, 1.54) is 0 Å². The highest BCUT2D eigenvalue weighted by atomic mass is 16.5. The van der Waals surface area contributed by atoms with Crippen molar-refractivity contribution in [1.29, 1.82) is 0 Å². The number of fused-ring (bicyclic) bond motifs is 1. The molecule has 3 heterocycles. The predicted octanol–water partition coefficient (Wildman–Crippen LogP) is 4.21. The predicted molar refractivity (Wildman–Crippen MR) is 139 cm³/mol. The van der Waals surface area contributed by atoms with Gasteiger partial charge in [-0.1, -0.05) is 50.2 Å². The molecule has 36 heavy (non-hydrogen) atoms. The van der Waals surface area contributed by atoms with Crippen LogP contribution in [-0.2, 0) is 11.3 Å². The van der Waals surface area contributed by atoms with Crippen molar-refractivity contribution >= 4 is 17.1 Å². The van der Waals surface area contributed by atoms with Crippen molar-refractivity contribution in [3.8, 4) is 11.4 Å². The van der Waals surface area contributed by atoms with E-state index in [9.17, 15) is 9.59 Å². The average molecular weight is 486 g/mol. The number of ether oxygens (including phenoxy) is 1. The summed E-state index contributed by atoms with van der Waals surface area (Å²) in [4.78, 5) is 39.8. The van der Waals surface area contributed by atoms with Crippen molar-refractivity contribution in [3.63, 3.8) is 0 Å². The van der Waals surface area contributed by atoms with Gasteiger partial charge in [0, 0.05) is 24.2 Å². The summed E-state index contributed by atoms with van der Waals surface area (Å²) in [5, 5.41) is 0. The standard InChI is InChI=1S/C28H31N5O3/c1-17(2)22-7-5-6-8-23(22)25-29-13-24-26(31-25)33(28(35)30-24)16-20-9-11-21(12-10-20)27(34)32-14-18(3)36-19(4)15-32/h5-13,17-19H,14-16H2,1-4H3,(H,30,35)/t18-,19+. The van der Waals surface area contributed by atoms with Crippen LogP contribution in [0.5, 0.6) is 0 Å². The van der Waals surface area contributed by atoms with Gasteiger partial charge in [-0.3, -0.25) is 9.36 Å². The van der Waals surface area contributed by atoms with Crippen molar-refractivity contribution in [2.24, 2.45) is 0 Å². The summed E-state index contributed by atoms with van der Waals surface area (Å²) in [6, 6.07) is 15.5. The summed E-state index contributed by atoms with van der Waals surface area (Å²) in [5.41, 5.74) is 4.55. The zero-order chi connectivity index (χ0) is 25.4. The molecule has 8 heteroatoms. The first-order chi connectivity index (χ1) is 17.3. The van der Waals surface area contributed by atoms with Gasteiger partial charge in [0.25, 0.3) is 5.91 Å². The second-order valence-corrected chi connectivity index (χ2v) is 9.85. The molecule has 2 aromatic heterocycles. The molecule has 1 N–H and O–H groups in total. The highest BCUT2D eigenvalue weighted by Gasteiger charge is 2.26. The molecule has 0 radical (unpaired) electrons. The van der Waals surface area contributed by atoms with E-state index < -0.39 is 0 Å². The summed E-state index contributed by atoms with van der Waals surface area (Å²) in [7, 11) is 0. The number of morpholine rings is 1. The Kier molecular flexibility index (Phi) is 6.45. The largest absolute Gasteiger partial charge is 0.372 e. The van der Waals surface area contributed by atoms with Gasteiger partial charge in [-0.05, 0) is 43.0 Å². The molecule has 1 aliphatic rings. The van der Waals surface area contributed by atoms with Gasteiger partial charge in [-0.2, -0.15) is 0 Å². The lowest BCUT2D eigenvalue weighted by molar-refractivity contribution is -0.0586. The minimum absolute atomic E-state index is 0.00554. The number of imidazole rings is 1. The van der Waals surface area contributed by atoms with Crippen LogP contribution in [0, 0.1) is 0 Å². The highest BCUT2D eigenvalue weighted by molar-refractivity contribution is 5.94. The number of carbonyl (C=O) groups is 1. The monoisotopic (exact) mass is 485 g/mol. The van der Waals surface area contributed by atoms with Gasteiger partial charge >= 0.3 is 5.69 Å². The first-order valence-corrected chi connectivity index (χ1v) is 12.4. The number of aromatic amines is 1. The van der Waals surface area contributed by atoms with Gasteiger partial charge in [0.05, 0.1) is 24.9 Å². The Morgan fingerprint density at radius 3 is 2.47 bits per heavy atom. The number of amides is 1. The molecule has 0 spiro atoms. The Labute approximate surface area is 210 Å². The second kappa shape index (κ2) is 9.70. The lowest BCUT2D eigenvalue weighted by Gasteiger charge is -2.35. The smallest absolute Gasteiger partial charge is 0.328 e. The van der Waals surface area contributed by atoms with Crippen LogP contribution in [0.25, 0.3) is 22.6 Å². The Morgan fingerprint density at radius 2 is 1.78 bits per heavy atom. The van der Waals surface area contributed by atoms with Gasteiger partial charge in [0.2, 0.25) is 0 Å². The Balaban J connectivity index is 1.42. The molecule has 4 aromatic rings. The fraction of sp³-hybridized carbons (Fsp3) is 0.357. The Morgan fingerprint density at radius 1 is 1.08 bits per heavy atom. The fourth-order valence-electron chi connectivity index (χ4n) is 4.89. The van der Waals surface area contributed by atoms with Crippen LogP contribution < -0.4 is 5.69 Å². The third kappa shape index (κ3) is 4.68. The number of aromatic nitrogens is 4. The number of benzene rings is 2. The van der Waals surface area contributed by atoms with Gasteiger partial charge in [-0.25, -0.2) is 14.8 Å². The van der Waals surface area contributed by atoms with Crippen LogP contribution in [-0.4, -0.2) is 55.6 Å². The summed E-state index contributed by atoms with van der Waals surface area (Å²) in [6.45, 7) is 9.73. The molecule has 5 rings (SSSR count). The quantitative estimate of drug-likeness (QED) is 0.457. The van der Waals surface area contributed by atoms with E-state index in [4.69, 9.17) is 9.72 Å². The minimum atomic E-state index is -0.245. The van der Waals surface area contributed by atoms with Gasteiger partial charge in [-0.15, -0.1) is 0 Å². The van der Waals surface area contributed by atoms with Crippen LogP contribution in [0.15, 0.2) is 59.5 Å². The zero-order valence-electron chi connectivity index (χ0n) is 21.1. The molecule has 1 aliphatic heterocycles. The zero-order valence-corrected chi connectivity index (χ0v) is 21.1. The van der Waals surface area contributed by atoms with Gasteiger partial charge in [0.15, 0.2) is 11.5 Å². The SMILES string of the molecule is CC(C)c1ccccc1-c1ncc2[nH]c(=O)n(Cc3ccc(C(=O)N4C[C@@H](C)O[C@@H](C)C4)cc3)c2n1. The Bertz CT molecular complexity index is 1440. The molecule has 0 unspecified atom stereocenters. The lowest BCUT2D eigenvalue weighted by Crippen LogP contribution is -2.48.